The van der Waals surface area contributed by atoms with Gasteiger partial charge in [0.1, 0.15) is 0 Å². The summed E-state index contributed by atoms with van der Waals surface area (Å²) in [6.07, 6.45) is 0.357. The highest BCUT2D eigenvalue weighted by atomic mass is 16.7. The van der Waals surface area contributed by atoms with E-state index in [4.69, 9.17) is 14.2 Å². The third-order valence-corrected chi connectivity index (χ3v) is 3.95. The summed E-state index contributed by atoms with van der Waals surface area (Å²) in [5, 5.41) is 10.6. The van der Waals surface area contributed by atoms with Crippen LogP contribution in [0.25, 0.3) is 0 Å². The quantitative estimate of drug-likeness (QED) is 0.455. The lowest BCUT2D eigenvalue weighted by molar-refractivity contribution is -0.384. The van der Waals surface area contributed by atoms with Gasteiger partial charge in [-0.15, -0.1) is 0 Å². The summed E-state index contributed by atoms with van der Waals surface area (Å²) in [6, 6.07) is 14.8. The van der Waals surface area contributed by atoms with Crippen LogP contribution in [0.5, 0.6) is 0 Å². The van der Waals surface area contributed by atoms with Crippen molar-refractivity contribution in [1.82, 2.24) is 0 Å². The molecule has 0 spiro atoms. The van der Waals surface area contributed by atoms with Gasteiger partial charge in [0.2, 0.25) is 0 Å². The van der Waals surface area contributed by atoms with E-state index in [2.05, 4.69) is 0 Å². The number of carbonyl (C=O) groups excluding carboxylic acids is 1. The molecular weight excluding hydrogens is 326 g/mol. The number of carbonyl (C=O) groups is 1. The number of hydrogen-bond donors (Lipinski definition) is 0. The average molecular weight is 343 g/mol. The second-order valence-electron chi connectivity index (χ2n) is 5.51. The Morgan fingerprint density at radius 2 is 1.72 bits per heavy atom. The molecule has 0 amide bonds. The van der Waals surface area contributed by atoms with Crippen LogP contribution in [0.2, 0.25) is 0 Å². The number of ether oxygens (including phenoxy) is 3. The lowest BCUT2D eigenvalue weighted by Crippen LogP contribution is -2.29. The Morgan fingerprint density at radius 1 is 1.08 bits per heavy atom. The highest BCUT2D eigenvalue weighted by molar-refractivity contribution is 5.89. The topological polar surface area (TPSA) is 87.9 Å². The molecule has 1 fully saturated rings. The zero-order chi connectivity index (χ0) is 17.7. The molecule has 1 heterocycles. The van der Waals surface area contributed by atoms with Crippen molar-refractivity contribution in [3.05, 3.63) is 75.8 Å². The molecule has 0 unspecified atom stereocenters. The van der Waals surface area contributed by atoms with Crippen molar-refractivity contribution in [3.63, 3.8) is 0 Å². The smallest absolute Gasteiger partial charge is 0.338 e. The normalized spacial score (nSPS) is 15.7. The summed E-state index contributed by atoms with van der Waals surface area (Å²) in [7, 11) is 0. The van der Waals surface area contributed by atoms with Gasteiger partial charge in [-0.3, -0.25) is 10.1 Å². The third-order valence-electron chi connectivity index (χ3n) is 3.95. The van der Waals surface area contributed by atoms with Crippen molar-refractivity contribution in [2.75, 3.05) is 19.8 Å². The summed E-state index contributed by atoms with van der Waals surface area (Å²) in [6.45, 7) is 1.06. The molecule has 0 bridgehead atoms. The van der Waals surface area contributed by atoms with Crippen LogP contribution in [0.3, 0.4) is 0 Å². The van der Waals surface area contributed by atoms with E-state index < -0.39 is 16.7 Å². The predicted octanol–water partition coefficient (Wildman–Crippen LogP) is 3.04. The van der Waals surface area contributed by atoms with Gasteiger partial charge in [0.15, 0.2) is 5.79 Å². The lowest BCUT2D eigenvalue weighted by Gasteiger charge is -2.27. The molecule has 0 radical (unpaired) electrons. The summed E-state index contributed by atoms with van der Waals surface area (Å²) in [5.41, 5.74) is 1.05. The molecule has 0 saturated carbocycles. The molecule has 0 aromatic heterocycles. The van der Waals surface area contributed by atoms with E-state index in [-0.39, 0.29) is 17.9 Å². The van der Waals surface area contributed by atoms with Crippen LogP contribution in [0.15, 0.2) is 54.6 Å². The number of nitro benzene ring substituents is 1. The monoisotopic (exact) mass is 343 g/mol. The first-order chi connectivity index (χ1) is 12.1. The number of non-ortho nitro benzene ring substituents is 1. The first kappa shape index (κ1) is 17.1. The van der Waals surface area contributed by atoms with Crippen LogP contribution < -0.4 is 0 Å². The number of nitro groups is 1. The minimum atomic E-state index is -0.906. The SMILES string of the molecule is O=C(OCCC1(c2ccccc2)OCCO1)c1ccc([N+](=O)[O-])cc1. The minimum absolute atomic E-state index is 0.0765. The van der Waals surface area contributed by atoms with Gasteiger partial charge in [0, 0.05) is 24.1 Å². The van der Waals surface area contributed by atoms with Gasteiger partial charge in [-0.05, 0) is 12.1 Å². The van der Waals surface area contributed by atoms with Crippen molar-refractivity contribution in [1.29, 1.82) is 0 Å². The molecule has 0 atom stereocenters. The van der Waals surface area contributed by atoms with Crippen LogP contribution >= 0.6 is 0 Å². The van der Waals surface area contributed by atoms with E-state index in [1.165, 1.54) is 24.3 Å². The van der Waals surface area contributed by atoms with Crippen LogP contribution in [0.4, 0.5) is 5.69 Å². The van der Waals surface area contributed by atoms with Crippen LogP contribution in [-0.2, 0) is 20.0 Å². The standard InChI is InChI=1S/C18H17NO6/c20-17(14-6-8-16(9-7-14)19(21)22)23-11-10-18(24-12-13-25-18)15-4-2-1-3-5-15/h1-9H,10-13H2. The van der Waals surface area contributed by atoms with Crippen molar-refractivity contribution in [2.24, 2.45) is 0 Å². The largest absolute Gasteiger partial charge is 0.462 e. The zero-order valence-electron chi connectivity index (χ0n) is 13.4. The molecule has 2 aromatic rings. The Morgan fingerprint density at radius 3 is 2.32 bits per heavy atom. The van der Waals surface area contributed by atoms with E-state index >= 15 is 0 Å². The fraction of sp³-hybridized carbons (Fsp3) is 0.278. The minimum Gasteiger partial charge on any atom is -0.462 e. The summed E-state index contributed by atoms with van der Waals surface area (Å²) in [4.78, 5) is 22.2. The molecule has 1 aliphatic rings. The molecule has 25 heavy (non-hydrogen) atoms. The molecule has 7 nitrogen and oxygen atoms in total. The number of nitrogens with zero attached hydrogens (tertiary/aromatic N) is 1. The highest BCUT2D eigenvalue weighted by Gasteiger charge is 2.38. The molecule has 1 aliphatic heterocycles. The number of benzene rings is 2. The van der Waals surface area contributed by atoms with E-state index in [9.17, 15) is 14.9 Å². The van der Waals surface area contributed by atoms with Crippen molar-refractivity contribution < 1.29 is 23.9 Å². The predicted molar refractivity (Wildman–Crippen MR) is 88.0 cm³/mol. The molecule has 3 rings (SSSR count). The molecule has 7 heteroatoms. The first-order valence-electron chi connectivity index (χ1n) is 7.86. The van der Waals surface area contributed by atoms with Crippen LogP contribution in [0, 0.1) is 10.1 Å². The Bertz CT molecular complexity index is 738. The van der Waals surface area contributed by atoms with E-state index in [1.54, 1.807) is 0 Å². The van der Waals surface area contributed by atoms with Crippen molar-refractivity contribution >= 4 is 11.7 Å². The Balaban J connectivity index is 1.61. The zero-order valence-corrected chi connectivity index (χ0v) is 13.4. The average Bonchev–Trinajstić information content (AvgIpc) is 3.12. The van der Waals surface area contributed by atoms with Gasteiger partial charge in [-0.2, -0.15) is 0 Å². The fourth-order valence-corrected chi connectivity index (χ4v) is 2.68. The number of esters is 1. The molecule has 2 aromatic carbocycles. The van der Waals surface area contributed by atoms with Crippen LogP contribution in [-0.4, -0.2) is 30.7 Å². The Kier molecular flexibility index (Phi) is 5.06. The second kappa shape index (κ2) is 7.42. The second-order valence-corrected chi connectivity index (χ2v) is 5.51. The Hall–Kier alpha value is -2.77. The van der Waals surface area contributed by atoms with Gasteiger partial charge in [0.05, 0.1) is 30.3 Å². The highest BCUT2D eigenvalue weighted by Crippen LogP contribution is 2.34. The van der Waals surface area contributed by atoms with Gasteiger partial charge < -0.3 is 14.2 Å². The maximum atomic E-state index is 12.1. The van der Waals surface area contributed by atoms with Gasteiger partial charge in [-0.1, -0.05) is 30.3 Å². The summed E-state index contributed by atoms with van der Waals surface area (Å²) >= 11 is 0. The first-order valence-corrected chi connectivity index (χ1v) is 7.86. The fourth-order valence-electron chi connectivity index (χ4n) is 2.68. The van der Waals surface area contributed by atoms with Crippen molar-refractivity contribution in [2.45, 2.75) is 12.2 Å². The summed E-state index contributed by atoms with van der Waals surface area (Å²) < 4.78 is 16.8. The molecule has 1 saturated heterocycles. The summed E-state index contributed by atoms with van der Waals surface area (Å²) in [5.74, 6) is -1.45. The lowest BCUT2D eigenvalue weighted by atomic mass is 10.0. The molecule has 0 aliphatic carbocycles. The van der Waals surface area contributed by atoms with E-state index in [0.717, 1.165) is 5.56 Å². The van der Waals surface area contributed by atoms with Crippen molar-refractivity contribution in [3.8, 4) is 0 Å². The van der Waals surface area contributed by atoms with Gasteiger partial charge in [-0.25, -0.2) is 4.79 Å². The third kappa shape index (κ3) is 3.84. The maximum absolute atomic E-state index is 12.1. The maximum Gasteiger partial charge on any atom is 0.338 e. The van der Waals surface area contributed by atoms with Crippen LogP contribution in [0.1, 0.15) is 22.3 Å². The molecule has 130 valence electrons. The molecular formula is C18H17NO6. The van der Waals surface area contributed by atoms with E-state index in [0.29, 0.717) is 19.6 Å². The van der Waals surface area contributed by atoms with E-state index in [1.807, 2.05) is 30.3 Å². The van der Waals surface area contributed by atoms with Gasteiger partial charge >= 0.3 is 5.97 Å². The van der Waals surface area contributed by atoms with Gasteiger partial charge in [0.25, 0.3) is 5.69 Å². The number of hydrogen-bond acceptors (Lipinski definition) is 6. The molecule has 0 N–H and O–H groups in total. The number of rotatable bonds is 6. The Labute approximate surface area is 144 Å².